The Bertz CT molecular complexity index is 856. The number of nitrogens with zero attached hydrogens (tertiary/aromatic N) is 3. The van der Waals surface area contributed by atoms with Crippen LogP contribution in [-0.4, -0.2) is 27.9 Å². The number of para-hydroxylation sites is 1. The Morgan fingerprint density at radius 3 is 2.80 bits per heavy atom. The van der Waals surface area contributed by atoms with Gasteiger partial charge in [-0.25, -0.2) is 0 Å². The molecular formula is C17H20Cl2N4O2. The van der Waals surface area contributed by atoms with Crippen molar-refractivity contribution in [3.63, 3.8) is 0 Å². The molecule has 0 atom stereocenters. The highest BCUT2D eigenvalue weighted by atomic mass is 35.5. The molecule has 0 unspecified atom stereocenters. The van der Waals surface area contributed by atoms with Gasteiger partial charge in [0.25, 0.3) is 0 Å². The number of hydrogen-bond donors (Lipinski definition) is 1. The predicted molar refractivity (Wildman–Crippen MR) is 98.9 cm³/mol. The molecule has 134 valence electrons. The van der Waals surface area contributed by atoms with Crippen LogP contribution < -0.4 is 5.73 Å². The van der Waals surface area contributed by atoms with E-state index in [2.05, 4.69) is 20.9 Å². The molecule has 3 aromatic rings. The Morgan fingerprint density at radius 2 is 2.08 bits per heavy atom. The van der Waals surface area contributed by atoms with E-state index in [1.807, 2.05) is 18.2 Å². The summed E-state index contributed by atoms with van der Waals surface area (Å²) in [4.78, 5) is 4.36. The summed E-state index contributed by atoms with van der Waals surface area (Å²) in [7, 11) is 0. The van der Waals surface area contributed by atoms with Crippen molar-refractivity contribution in [1.82, 2.24) is 14.7 Å². The maximum Gasteiger partial charge on any atom is 0.240 e. The van der Waals surface area contributed by atoms with Gasteiger partial charge in [-0.1, -0.05) is 28.9 Å². The van der Waals surface area contributed by atoms with E-state index in [1.54, 1.807) is 0 Å². The van der Waals surface area contributed by atoms with Gasteiger partial charge >= 0.3 is 0 Å². The lowest BCUT2D eigenvalue weighted by Crippen LogP contribution is -2.20. The van der Waals surface area contributed by atoms with Gasteiger partial charge in [0.05, 0.1) is 17.1 Å². The monoisotopic (exact) mass is 382 g/mol. The third kappa shape index (κ3) is 3.53. The minimum Gasteiger partial charge on any atom is -0.381 e. The molecule has 2 aromatic heterocycles. The molecule has 2 N–H and O–H groups in total. The fourth-order valence-electron chi connectivity index (χ4n) is 3.29. The minimum absolute atomic E-state index is 0. The van der Waals surface area contributed by atoms with Gasteiger partial charge in [0.1, 0.15) is 0 Å². The highest BCUT2D eigenvalue weighted by molar-refractivity contribution is 6.35. The number of halogens is 2. The van der Waals surface area contributed by atoms with Gasteiger partial charge in [-0.3, -0.25) is 0 Å². The minimum atomic E-state index is 0. The Morgan fingerprint density at radius 1 is 1.28 bits per heavy atom. The Balaban J connectivity index is 0.00000182. The van der Waals surface area contributed by atoms with Crippen LogP contribution >= 0.6 is 24.0 Å². The number of aromatic nitrogens is 3. The lowest BCUT2D eigenvalue weighted by Gasteiger charge is -2.23. The van der Waals surface area contributed by atoms with Gasteiger partial charge in [0, 0.05) is 36.9 Å². The van der Waals surface area contributed by atoms with Crippen LogP contribution in [0.15, 0.2) is 28.9 Å². The van der Waals surface area contributed by atoms with E-state index >= 15 is 0 Å². The summed E-state index contributed by atoms with van der Waals surface area (Å²) >= 11 is 6.48. The van der Waals surface area contributed by atoms with Crippen LogP contribution in [0.25, 0.3) is 22.3 Å². The zero-order chi connectivity index (χ0) is 16.5. The SMILES string of the molecule is Cl.NCc1nc(-c2cn(CC3CCOCC3)c3c(Cl)cccc23)no1. The zero-order valence-electron chi connectivity index (χ0n) is 13.7. The maximum atomic E-state index is 6.48. The summed E-state index contributed by atoms with van der Waals surface area (Å²) in [6.07, 6.45) is 4.20. The number of nitrogens with two attached hydrogens (primary N) is 1. The van der Waals surface area contributed by atoms with Gasteiger partial charge in [0.2, 0.25) is 11.7 Å². The van der Waals surface area contributed by atoms with Crippen molar-refractivity contribution in [2.75, 3.05) is 13.2 Å². The van der Waals surface area contributed by atoms with E-state index in [0.29, 0.717) is 17.6 Å². The predicted octanol–water partition coefficient (Wildman–Crippen LogP) is 3.65. The summed E-state index contributed by atoms with van der Waals surface area (Å²) in [6.45, 7) is 2.80. The molecule has 1 fully saturated rings. The first kappa shape index (κ1) is 18.2. The van der Waals surface area contributed by atoms with Crippen molar-refractivity contribution in [3.8, 4) is 11.4 Å². The standard InChI is InChI=1S/C17H19ClN4O2.ClH/c18-14-3-1-2-12-13(17-20-15(8-19)24-21-17)10-22(16(12)14)9-11-4-6-23-7-5-11;/h1-3,10-11H,4-9,19H2;1H. The van der Waals surface area contributed by atoms with Crippen molar-refractivity contribution in [2.24, 2.45) is 11.7 Å². The van der Waals surface area contributed by atoms with Crippen LogP contribution in [-0.2, 0) is 17.8 Å². The molecule has 6 nitrogen and oxygen atoms in total. The average Bonchev–Trinajstić information content (AvgIpc) is 3.21. The Kier molecular flexibility index (Phi) is 5.64. The lowest BCUT2D eigenvalue weighted by atomic mass is 10.0. The molecule has 25 heavy (non-hydrogen) atoms. The molecule has 1 aromatic carbocycles. The van der Waals surface area contributed by atoms with Crippen LogP contribution in [0, 0.1) is 5.92 Å². The van der Waals surface area contributed by atoms with Gasteiger partial charge in [0.15, 0.2) is 0 Å². The van der Waals surface area contributed by atoms with E-state index < -0.39 is 0 Å². The first-order valence-electron chi connectivity index (χ1n) is 8.14. The van der Waals surface area contributed by atoms with E-state index in [0.717, 1.165) is 54.1 Å². The van der Waals surface area contributed by atoms with E-state index in [-0.39, 0.29) is 19.0 Å². The van der Waals surface area contributed by atoms with Crippen LogP contribution in [0.1, 0.15) is 18.7 Å². The quantitative estimate of drug-likeness (QED) is 0.744. The Hall–Kier alpha value is -1.60. The molecule has 8 heteroatoms. The number of rotatable bonds is 4. The summed E-state index contributed by atoms with van der Waals surface area (Å²) < 4.78 is 12.8. The number of fused-ring (bicyclic) bond motifs is 1. The van der Waals surface area contributed by atoms with Crippen molar-refractivity contribution < 1.29 is 9.26 Å². The first-order chi connectivity index (χ1) is 11.8. The molecular weight excluding hydrogens is 363 g/mol. The number of benzene rings is 1. The van der Waals surface area contributed by atoms with Crippen molar-refractivity contribution in [1.29, 1.82) is 0 Å². The Labute approximate surface area is 156 Å². The molecule has 0 spiro atoms. The highest BCUT2D eigenvalue weighted by Crippen LogP contribution is 2.34. The van der Waals surface area contributed by atoms with Crippen molar-refractivity contribution >= 4 is 34.9 Å². The van der Waals surface area contributed by atoms with Crippen molar-refractivity contribution in [3.05, 3.63) is 35.3 Å². The third-order valence-corrected chi connectivity index (χ3v) is 4.83. The molecule has 1 aliphatic rings. The van der Waals surface area contributed by atoms with Gasteiger partial charge in [-0.2, -0.15) is 4.98 Å². The van der Waals surface area contributed by atoms with E-state index in [9.17, 15) is 0 Å². The maximum absolute atomic E-state index is 6.48. The highest BCUT2D eigenvalue weighted by Gasteiger charge is 2.20. The summed E-state index contributed by atoms with van der Waals surface area (Å²) in [5.41, 5.74) is 7.51. The lowest BCUT2D eigenvalue weighted by molar-refractivity contribution is 0.0616. The van der Waals surface area contributed by atoms with E-state index in [4.69, 9.17) is 26.6 Å². The molecule has 1 saturated heterocycles. The third-order valence-electron chi connectivity index (χ3n) is 4.53. The second kappa shape index (κ2) is 7.74. The van der Waals surface area contributed by atoms with Crippen LogP contribution in [0.5, 0.6) is 0 Å². The summed E-state index contributed by atoms with van der Waals surface area (Å²) in [5.74, 6) is 1.56. The van der Waals surface area contributed by atoms with Gasteiger partial charge in [-0.05, 0) is 24.8 Å². The van der Waals surface area contributed by atoms with Gasteiger partial charge in [-0.15, -0.1) is 12.4 Å². The number of ether oxygens (including phenoxy) is 1. The largest absolute Gasteiger partial charge is 0.381 e. The number of hydrogen-bond acceptors (Lipinski definition) is 5. The molecule has 0 aliphatic carbocycles. The first-order valence-corrected chi connectivity index (χ1v) is 8.52. The topological polar surface area (TPSA) is 79.1 Å². The van der Waals surface area contributed by atoms with Crippen LogP contribution in [0.4, 0.5) is 0 Å². The molecule has 3 heterocycles. The smallest absolute Gasteiger partial charge is 0.240 e. The second-order valence-corrected chi connectivity index (χ2v) is 6.51. The molecule has 4 rings (SSSR count). The van der Waals surface area contributed by atoms with Gasteiger partial charge < -0.3 is 19.6 Å². The average molecular weight is 383 g/mol. The molecule has 0 saturated carbocycles. The molecule has 0 radical (unpaired) electrons. The fourth-order valence-corrected chi connectivity index (χ4v) is 3.57. The molecule has 1 aliphatic heterocycles. The summed E-state index contributed by atoms with van der Waals surface area (Å²) in [5, 5.41) is 5.81. The van der Waals surface area contributed by atoms with E-state index in [1.165, 1.54) is 0 Å². The zero-order valence-corrected chi connectivity index (χ0v) is 15.2. The summed E-state index contributed by atoms with van der Waals surface area (Å²) in [6, 6.07) is 5.89. The molecule has 0 bridgehead atoms. The molecule has 0 amide bonds. The normalized spacial score (nSPS) is 15.4. The fraction of sp³-hybridized carbons (Fsp3) is 0.412. The van der Waals surface area contributed by atoms with Crippen LogP contribution in [0.2, 0.25) is 5.02 Å². The van der Waals surface area contributed by atoms with Crippen molar-refractivity contribution in [2.45, 2.75) is 25.9 Å². The second-order valence-electron chi connectivity index (χ2n) is 6.10. The van der Waals surface area contributed by atoms with Crippen LogP contribution in [0.3, 0.4) is 0 Å².